The quantitative estimate of drug-likeness (QED) is 0.663. The minimum Gasteiger partial charge on any atom is -0.355 e. The van der Waals surface area contributed by atoms with Gasteiger partial charge in [-0.3, -0.25) is 9.67 Å². The van der Waals surface area contributed by atoms with Gasteiger partial charge < -0.3 is 10.2 Å². The van der Waals surface area contributed by atoms with Crippen molar-refractivity contribution in [2.24, 2.45) is 12.0 Å². The summed E-state index contributed by atoms with van der Waals surface area (Å²) in [4.78, 5) is 6.90. The standard InChI is InChI=1S/C20H26ClN5/c1-22-19(26-10-7-15(13-26)16-11-24-25(2)12-16)23-14-20(8-9-20)17-3-5-18(21)6-4-17/h3-6,11-12,15H,7-10,13-14H2,1-2H3,(H,22,23). The van der Waals surface area contributed by atoms with Gasteiger partial charge in [-0.25, -0.2) is 0 Å². The molecule has 1 aliphatic carbocycles. The van der Waals surface area contributed by atoms with Crippen LogP contribution in [-0.4, -0.2) is 47.3 Å². The third-order valence-corrected chi connectivity index (χ3v) is 6.04. The maximum Gasteiger partial charge on any atom is 0.193 e. The van der Waals surface area contributed by atoms with E-state index in [0.717, 1.165) is 37.0 Å². The summed E-state index contributed by atoms with van der Waals surface area (Å²) in [6, 6.07) is 8.30. The van der Waals surface area contributed by atoms with Crippen LogP contribution in [0.3, 0.4) is 0 Å². The predicted molar refractivity (Wildman–Crippen MR) is 106 cm³/mol. The molecule has 2 aromatic rings. The Bertz CT molecular complexity index is 791. The highest BCUT2D eigenvalue weighted by atomic mass is 35.5. The van der Waals surface area contributed by atoms with Crippen molar-refractivity contribution in [3.05, 3.63) is 52.8 Å². The molecule has 0 bridgehead atoms. The third-order valence-electron chi connectivity index (χ3n) is 5.79. The van der Waals surface area contributed by atoms with Gasteiger partial charge in [0, 0.05) is 56.3 Å². The van der Waals surface area contributed by atoms with Crippen LogP contribution < -0.4 is 5.32 Å². The molecule has 1 saturated carbocycles. The van der Waals surface area contributed by atoms with Crippen LogP contribution >= 0.6 is 11.6 Å². The lowest BCUT2D eigenvalue weighted by atomic mass is 9.96. The summed E-state index contributed by atoms with van der Waals surface area (Å²) in [5, 5.41) is 8.74. The molecule has 2 fully saturated rings. The molecule has 1 N–H and O–H groups in total. The van der Waals surface area contributed by atoms with E-state index in [9.17, 15) is 0 Å². The van der Waals surface area contributed by atoms with E-state index < -0.39 is 0 Å². The third kappa shape index (κ3) is 3.45. The highest BCUT2D eigenvalue weighted by molar-refractivity contribution is 6.30. The second-order valence-electron chi connectivity index (χ2n) is 7.57. The molecule has 138 valence electrons. The molecule has 4 rings (SSSR count). The number of hydrogen-bond donors (Lipinski definition) is 1. The minimum absolute atomic E-state index is 0.239. The number of nitrogens with zero attached hydrogens (tertiary/aromatic N) is 4. The average Bonchev–Trinajstić information content (AvgIpc) is 3.05. The second kappa shape index (κ2) is 6.95. The number of aromatic nitrogens is 2. The van der Waals surface area contributed by atoms with Crippen LogP contribution in [0, 0.1) is 0 Å². The number of nitrogens with one attached hydrogen (secondary N) is 1. The highest BCUT2D eigenvalue weighted by Crippen LogP contribution is 2.47. The van der Waals surface area contributed by atoms with E-state index in [1.165, 1.54) is 24.0 Å². The molecule has 1 aromatic heterocycles. The molecule has 0 amide bonds. The number of benzene rings is 1. The fraction of sp³-hybridized carbons (Fsp3) is 0.500. The van der Waals surface area contributed by atoms with Crippen molar-refractivity contribution in [1.82, 2.24) is 20.0 Å². The summed E-state index contributed by atoms with van der Waals surface area (Å²) >= 11 is 6.04. The Balaban J connectivity index is 1.37. The van der Waals surface area contributed by atoms with Crippen LogP contribution in [0.25, 0.3) is 0 Å². The van der Waals surface area contributed by atoms with Crippen molar-refractivity contribution in [2.75, 3.05) is 26.7 Å². The molecule has 1 aromatic carbocycles. The number of guanidine groups is 1. The Morgan fingerprint density at radius 1 is 1.35 bits per heavy atom. The van der Waals surface area contributed by atoms with E-state index in [2.05, 4.69) is 38.6 Å². The lowest BCUT2D eigenvalue weighted by Gasteiger charge is -2.24. The van der Waals surface area contributed by atoms with Gasteiger partial charge in [0.15, 0.2) is 5.96 Å². The average molecular weight is 372 g/mol. The van der Waals surface area contributed by atoms with E-state index in [0.29, 0.717) is 5.92 Å². The second-order valence-corrected chi connectivity index (χ2v) is 8.00. The fourth-order valence-corrected chi connectivity index (χ4v) is 4.10. The van der Waals surface area contributed by atoms with Gasteiger partial charge in [0.2, 0.25) is 0 Å². The maximum absolute atomic E-state index is 6.04. The predicted octanol–water partition coefficient (Wildman–Crippen LogP) is 3.17. The Hall–Kier alpha value is -2.01. The van der Waals surface area contributed by atoms with Gasteiger partial charge in [-0.1, -0.05) is 23.7 Å². The summed E-state index contributed by atoms with van der Waals surface area (Å²) in [5.74, 6) is 1.55. The molecule has 2 aliphatic rings. The Kier molecular flexibility index (Phi) is 4.65. The fourth-order valence-electron chi connectivity index (χ4n) is 3.98. The molecular formula is C20H26ClN5. The molecule has 1 aliphatic heterocycles. The van der Waals surface area contributed by atoms with Gasteiger partial charge in [-0.05, 0) is 42.5 Å². The van der Waals surface area contributed by atoms with E-state index in [1.807, 2.05) is 37.1 Å². The van der Waals surface area contributed by atoms with Crippen molar-refractivity contribution < 1.29 is 0 Å². The summed E-state index contributed by atoms with van der Waals surface area (Å²) < 4.78 is 1.88. The zero-order valence-electron chi connectivity index (χ0n) is 15.5. The molecule has 0 radical (unpaired) electrons. The molecule has 26 heavy (non-hydrogen) atoms. The van der Waals surface area contributed by atoms with Crippen molar-refractivity contribution in [2.45, 2.75) is 30.6 Å². The first-order valence-electron chi connectivity index (χ1n) is 9.30. The topological polar surface area (TPSA) is 45.5 Å². The van der Waals surface area contributed by atoms with Gasteiger partial charge in [0.05, 0.1) is 6.20 Å². The van der Waals surface area contributed by atoms with Crippen molar-refractivity contribution in [1.29, 1.82) is 0 Å². The number of rotatable bonds is 4. The zero-order valence-corrected chi connectivity index (χ0v) is 16.2. The first-order chi connectivity index (χ1) is 12.6. The number of likely N-dealkylation sites (tertiary alicyclic amines) is 1. The summed E-state index contributed by atoms with van der Waals surface area (Å²) in [6.07, 6.45) is 7.71. The van der Waals surface area contributed by atoms with Gasteiger partial charge in [-0.2, -0.15) is 5.10 Å². The van der Waals surface area contributed by atoms with Crippen molar-refractivity contribution in [3.8, 4) is 0 Å². The van der Waals surface area contributed by atoms with Crippen LogP contribution in [0.5, 0.6) is 0 Å². The Morgan fingerprint density at radius 2 is 2.12 bits per heavy atom. The van der Waals surface area contributed by atoms with Crippen LogP contribution in [0.2, 0.25) is 5.02 Å². The summed E-state index contributed by atoms with van der Waals surface area (Å²) in [5.41, 5.74) is 2.94. The van der Waals surface area contributed by atoms with Crippen LogP contribution in [-0.2, 0) is 12.5 Å². The monoisotopic (exact) mass is 371 g/mol. The van der Waals surface area contributed by atoms with E-state index >= 15 is 0 Å². The van der Waals surface area contributed by atoms with Gasteiger partial charge in [0.25, 0.3) is 0 Å². The molecule has 0 spiro atoms. The van der Waals surface area contributed by atoms with Gasteiger partial charge in [0.1, 0.15) is 0 Å². The van der Waals surface area contributed by atoms with E-state index in [4.69, 9.17) is 11.6 Å². The smallest absolute Gasteiger partial charge is 0.193 e. The van der Waals surface area contributed by atoms with Crippen LogP contribution in [0.1, 0.15) is 36.3 Å². The molecule has 1 saturated heterocycles. The highest BCUT2D eigenvalue weighted by Gasteiger charge is 2.44. The molecular weight excluding hydrogens is 346 g/mol. The Labute approximate surface area is 160 Å². The van der Waals surface area contributed by atoms with Crippen LogP contribution in [0.4, 0.5) is 0 Å². The minimum atomic E-state index is 0.239. The molecule has 1 atom stereocenters. The van der Waals surface area contributed by atoms with E-state index in [-0.39, 0.29) is 5.41 Å². The number of halogens is 1. The SMILES string of the molecule is CN=C(NCC1(c2ccc(Cl)cc2)CC1)N1CCC(c2cnn(C)c2)C1. The summed E-state index contributed by atoms with van der Waals surface area (Å²) in [6.45, 7) is 2.96. The van der Waals surface area contributed by atoms with E-state index in [1.54, 1.807) is 0 Å². The molecule has 1 unspecified atom stereocenters. The lowest BCUT2D eigenvalue weighted by molar-refractivity contribution is 0.478. The number of aryl methyl sites for hydroxylation is 1. The van der Waals surface area contributed by atoms with Gasteiger partial charge >= 0.3 is 0 Å². The first-order valence-corrected chi connectivity index (χ1v) is 9.68. The lowest BCUT2D eigenvalue weighted by Crippen LogP contribution is -2.43. The summed E-state index contributed by atoms with van der Waals surface area (Å²) in [7, 11) is 3.85. The van der Waals surface area contributed by atoms with Crippen molar-refractivity contribution >= 4 is 17.6 Å². The number of hydrogen-bond acceptors (Lipinski definition) is 2. The van der Waals surface area contributed by atoms with Crippen LogP contribution in [0.15, 0.2) is 41.7 Å². The largest absolute Gasteiger partial charge is 0.355 e. The number of aliphatic imine (C=N–C) groups is 1. The normalized spacial score (nSPS) is 21.9. The molecule has 5 nitrogen and oxygen atoms in total. The molecule has 6 heteroatoms. The Morgan fingerprint density at radius 3 is 2.73 bits per heavy atom. The first kappa shape index (κ1) is 17.4. The maximum atomic E-state index is 6.04. The zero-order chi connectivity index (χ0) is 18.1. The van der Waals surface area contributed by atoms with Crippen molar-refractivity contribution in [3.63, 3.8) is 0 Å². The van der Waals surface area contributed by atoms with Gasteiger partial charge in [-0.15, -0.1) is 0 Å². The molecule has 2 heterocycles.